The van der Waals surface area contributed by atoms with Crippen LogP contribution in [0.1, 0.15) is 76.7 Å². The Balaban J connectivity index is 2.39. The minimum atomic E-state index is -4.46. The molecule has 1 aromatic rings. The molecule has 164 valence electrons. The summed E-state index contributed by atoms with van der Waals surface area (Å²) in [5.74, 6) is 0.683. The fourth-order valence-electron chi connectivity index (χ4n) is 2.90. The molecule has 0 heterocycles. The number of halogens is 3. The topological polar surface area (TPSA) is 55.5 Å². The third-order valence-corrected chi connectivity index (χ3v) is 5.50. The Hall–Kier alpha value is -1.57. The van der Waals surface area contributed by atoms with Gasteiger partial charge >= 0.3 is 6.18 Å². The third kappa shape index (κ3) is 12.6. The highest BCUT2D eigenvalue weighted by Crippen LogP contribution is 2.31. The highest BCUT2D eigenvalue weighted by atomic mass is 32.2. The zero-order valence-corrected chi connectivity index (χ0v) is 17.9. The predicted molar refractivity (Wildman–Crippen MR) is 115 cm³/mol. The van der Waals surface area contributed by atoms with Gasteiger partial charge in [-0.25, -0.2) is 4.99 Å². The average molecular weight is 433 g/mol. The van der Waals surface area contributed by atoms with Crippen LogP contribution < -0.4 is 0 Å². The normalized spacial score (nSPS) is 12.3. The molecule has 0 unspecified atom stereocenters. The van der Waals surface area contributed by atoms with Gasteiger partial charge in [0.1, 0.15) is 5.04 Å². The minimum absolute atomic E-state index is 0.0900. The standard InChI is InChI=1S/C21H31F3N2O2S/c1-2-3-4-5-6-7-8-9-10-11-15-29-20(17-26(27)28)25-19-14-12-13-18(16-19)21(22,23)24/h12-14,16H,2-11,15,17H2,1H3. The van der Waals surface area contributed by atoms with Gasteiger partial charge in [-0.3, -0.25) is 10.1 Å². The second kappa shape index (κ2) is 14.4. The lowest BCUT2D eigenvalue weighted by atomic mass is 10.1. The van der Waals surface area contributed by atoms with Crippen molar-refractivity contribution in [2.24, 2.45) is 4.99 Å². The number of nitro groups is 1. The molecule has 0 bridgehead atoms. The molecule has 0 saturated heterocycles. The van der Waals surface area contributed by atoms with Gasteiger partial charge in [-0.1, -0.05) is 70.8 Å². The van der Waals surface area contributed by atoms with Gasteiger partial charge in [0.15, 0.2) is 0 Å². The number of aliphatic imine (C=N–C) groups is 1. The predicted octanol–water partition coefficient (Wildman–Crippen LogP) is 7.67. The number of rotatable bonds is 14. The largest absolute Gasteiger partial charge is 0.416 e. The number of hydrogen-bond acceptors (Lipinski definition) is 4. The average Bonchev–Trinajstić information content (AvgIpc) is 2.65. The molecule has 4 nitrogen and oxygen atoms in total. The first-order valence-corrected chi connectivity index (χ1v) is 11.3. The molecule has 1 aromatic carbocycles. The fourth-order valence-corrected chi connectivity index (χ4v) is 3.85. The first-order chi connectivity index (χ1) is 13.8. The maximum atomic E-state index is 12.8. The fraction of sp³-hybridized carbons (Fsp3) is 0.667. The Morgan fingerprint density at radius 2 is 1.62 bits per heavy atom. The lowest BCUT2D eigenvalue weighted by molar-refractivity contribution is -0.462. The molecule has 0 aliphatic rings. The van der Waals surface area contributed by atoms with Gasteiger partial charge in [0.2, 0.25) is 0 Å². The Morgan fingerprint density at radius 3 is 2.17 bits per heavy atom. The maximum Gasteiger partial charge on any atom is 0.416 e. The Labute approximate surface area is 175 Å². The molecule has 0 N–H and O–H groups in total. The number of benzene rings is 1. The number of unbranched alkanes of at least 4 members (excludes halogenated alkanes) is 9. The van der Waals surface area contributed by atoms with Gasteiger partial charge in [0, 0.05) is 4.92 Å². The second-order valence-corrected chi connectivity index (χ2v) is 8.24. The van der Waals surface area contributed by atoms with E-state index in [0.717, 1.165) is 31.4 Å². The second-order valence-electron chi connectivity index (χ2n) is 7.07. The zero-order chi connectivity index (χ0) is 21.5. The Kier molecular flexibility index (Phi) is 12.7. The summed E-state index contributed by atoms with van der Waals surface area (Å²) in [7, 11) is 0. The van der Waals surface area contributed by atoms with Crippen LogP contribution in [0.4, 0.5) is 18.9 Å². The zero-order valence-electron chi connectivity index (χ0n) is 17.0. The van der Waals surface area contributed by atoms with E-state index in [1.807, 2.05) is 0 Å². The van der Waals surface area contributed by atoms with Crippen LogP contribution in [0.5, 0.6) is 0 Å². The molecule has 0 atom stereocenters. The number of alkyl halides is 3. The maximum absolute atomic E-state index is 12.8. The number of thioether (sulfide) groups is 1. The van der Waals surface area contributed by atoms with Crippen LogP contribution in [0.25, 0.3) is 0 Å². The van der Waals surface area contributed by atoms with Crippen LogP contribution in [-0.4, -0.2) is 22.3 Å². The van der Waals surface area contributed by atoms with Crippen molar-refractivity contribution in [1.82, 2.24) is 0 Å². The lowest BCUT2D eigenvalue weighted by Gasteiger charge is -2.07. The van der Waals surface area contributed by atoms with Gasteiger partial charge in [-0.05, 0) is 30.4 Å². The smallest absolute Gasteiger partial charge is 0.264 e. The molecule has 8 heteroatoms. The molecule has 0 spiro atoms. The molecule has 0 radical (unpaired) electrons. The van der Waals surface area contributed by atoms with Crippen LogP contribution in [0, 0.1) is 10.1 Å². The van der Waals surface area contributed by atoms with E-state index in [-0.39, 0.29) is 10.7 Å². The molecule has 29 heavy (non-hydrogen) atoms. The van der Waals surface area contributed by atoms with E-state index in [4.69, 9.17) is 0 Å². The Morgan fingerprint density at radius 1 is 1.03 bits per heavy atom. The first kappa shape index (κ1) is 25.5. The van der Waals surface area contributed by atoms with E-state index in [1.165, 1.54) is 68.8 Å². The van der Waals surface area contributed by atoms with Crippen LogP contribution in [-0.2, 0) is 6.18 Å². The highest BCUT2D eigenvalue weighted by Gasteiger charge is 2.30. The summed E-state index contributed by atoms with van der Waals surface area (Å²) in [6.45, 7) is 1.73. The molecular weight excluding hydrogens is 401 g/mol. The van der Waals surface area contributed by atoms with Crippen molar-refractivity contribution < 1.29 is 18.1 Å². The molecule has 0 aliphatic carbocycles. The van der Waals surface area contributed by atoms with Crippen LogP contribution in [0.15, 0.2) is 29.3 Å². The van der Waals surface area contributed by atoms with Gasteiger partial charge < -0.3 is 0 Å². The van der Waals surface area contributed by atoms with Crippen LogP contribution >= 0.6 is 11.8 Å². The first-order valence-electron chi connectivity index (χ1n) is 10.3. The molecule has 0 amide bonds. The minimum Gasteiger partial charge on any atom is -0.264 e. The van der Waals surface area contributed by atoms with E-state index < -0.39 is 23.2 Å². The molecular formula is C21H31F3N2O2S. The molecule has 0 fully saturated rings. The molecule has 0 saturated carbocycles. The Bertz CT molecular complexity index is 637. The molecule has 1 rings (SSSR count). The van der Waals surface area contributed by atoms with Crippen LogP contribution in [0.3, 0.4) is 0 Å². The van der Waals surface area contributed by atoms with Gasteiger partial charge in [0.05, 0.1) is 11.3 Å². The van der Waals surface area contributed by atoms with Crippen molar-refractivity contribution in [1.29, 1.82) is 0 Å². The summed E-state index contributed by atoms with van der Waals surface area (Å²) < 4.78 is 38.4. The summed E-state index contributed by atoms with van der Waals surface area (Å²) in [5.41, 5.74) is -0.717. The summed E-state index contributed by atoms with van der Waals surface area (Å²) in [4.78, 5) is 14.5. The van der Waals surface area contributed by atoms with Crippen molar-refractivity contribution >= 4 is 22.5 Å². The van der Waals surface area contributed by atoms with Gasteiger partial charge in [0.25, 0.3) is 6.54 Å². The van der Waals surface area contributed by atoms with Gasteiger partial charge in [-0.2, -0.15) is 13.2 Å². The van der Waals surface area contributed by atoms with Gasteiger partial charge in [-0.15, -0.1) is 11.8 Å². The van der Waals surface area contributed by atoms with Crippen molar-refractivity contribution in [3.05, 3.63) is 39.9 Å². The summed E-state index contributed by atoms with van der Waals surface area (Å²) in [5, 5.41) is 11.1. The SMILES string of the molecule is CCCCCCCCCCCCSC(C[N+](=O)[O-])=Nc1cccc(C(F)(F)F)c1. The van der Waals surface area contributed by atoms with Crippen LogP contribution in [0.2, 0.25) is 0 Å². The summed E-state index contributed by atoms with van der Waals surface area (Å²) >= 11 is 1.26. The number of nitrogens with zero attached hydrogens (tertiary/aromatic N) is 2. The van der Waals surface area contributed by atoms with Crippen molar-refractivity contribution in [3.63, 3.8) is 0 Å². The monoisotopic (exact) mass is 432 g/mol. The summed E-state index contributed by atoms with van der Waals surface area (Å²) in [6, 6.07) is 4.57. The van der Waals surface area contributed by atoms with E-state index in [2.05, 4.69) is 11.9 Å². The highest BCUT2D eigenvalue weighted by molar-refractivity contribution is 8.14. The number of hydrogen-bond donors (Lipinski definition) is 0. The van der Waals surface area contributed by atoms with E-state index in [9.17, 15) is 23.3 Å². The summed E-state index contributed by atoms with van der Waals surface area (Å²) in [6.07, 6.45) is 7.58. The lowest BCUT2D eigenvalue weighted by Crippen LogP contribution is -2.11. The third-order valence-electron chi connectivity index (χ3n) is 4.46. The van der Waals surface area contributed by atoms with Crippen molar-refractivity contribution in [3.8, 4) is 0 Å². The molecule has 0 aliphatic heterocycles. The van der Waals surface area contributed by atoms with E-state index in [1.54, 1.807) is 0 Å². The van der Waals surface area contributed by atoms with E-state index >= 15 is 0 Å². The van der Waals surface area contributed by atoms with Crippen molar-refractivity contribution in [2.75, 3.05) is 12.3 Å². The van der Waals surface area contributed by atoms with Crippen molar-refractivity contribution in [2.45, 2.75) is 77.3 Å². The quantitative estimate of drug-likeness (QED) is 0.0996. The molecule has 0 aromatic heterocycles. The van der Waals surface area contributed by atoms with E-state index in [0.29, 0.717) is 5.75 Å².